The third-order valence-corrected chi connectivity index (χ3v) is 3.69. The summed E-state index contributed by atoms with van der Waals surface area (Å²) in [6.45, 7) is 5.15. The zero-order chi connectivity index (χ0) is 14.9. The zero-order valence-electron chi connectivity index (χ0n) is 12.6. The van der Waals surface area contributed by atoms with Crippen molar-refractivity contribution in [3.8, 4) is 5.75 Å². The summed E-state index contributed by atoms with van der Waals surface area (Å²) in [5.41, 5.74) is -0.667. The van der Waals surface area contributed by atoms with Gasteiger partial charge in [-0.15, -0.1) is 0 Å². The number of hydrogen-bond acceptors (Lipinski definition) is 6. The molecule has 7 heteroatoms. The first kappa shape index (κ1) is 14.4. The first-order valence-electron chi connectivity index (χ1n) is 6.53. The largest absolute Gasteiger partial charge is 0.490 e. The molecule has 0 aromatic carbocycles. The fourth-order valence-electron chi connectivity index (χ4n) is 2.51. The lowest BCUT2D eigenvalue weighted by molar-refractivity contribution is -0.136. The minimum absolute atomic E-state index is 0.0652. The van der Waals surface area contributed by atoms with E-state index in [1.165, 1.54) is 6.33 Å². The summed E-state index contributed by atoms with van der Waals surface area (Å²) in [4.78, 5) is 24.5. The number of aromatic nitrogens is 2. The van der Waals surface area contributed by atoms with E-state index in [2.05, 4.69) is 15.3 Å². The van der Waals surface area contributed by atoms with Crippen molar-refractivity contribution in [2.45, 2.75) is 19.4 Å². The first-order chi connectivity index (χ1) is 9.43. The van der Waals surface area contributed by atoms with Gasteiger partial charge in [-0.1, -0.05) is 0 Å². The molecule has 7 nitrogen and oxygen atoms in total. The Bertz CT molecular complexity index is 517. The zero-order valence-corrected chi connectivity index (χ0v) is 12.6. The summed E-state index contributed by atoms with van der Waals surface area (Å²) in [7, 11) is 5.17. The van der Waals surface area contributed by atoms with Gasteiger partial charge in [0.1, 0.15) is 11.9 Å². The molecule has 1 fully saturated rings. The van der Waals surface area contributed by atoms with Crippen molar-refractivity contribution in [3.05, 3.63) is 6.33 Å². The Morgan fingerprint density at radius 1 is 1.35 bits per heavy atom. The van der Waals surface area contributed by atoms with Crippen LogP contribution in [0.15, 0.2) is 6.33 Å². The summed E-state index contributed by atoms with van der Waals surface area (Å²) < 4.78 is 5.42. The number of carbonyl (C=O) groups is 1. The Kier molecular flexibility index (Phi) is 3.69. The highest BCUT2D eigenvalue weighted by Crippen LogP contribution is 2.36. The third kappa shape index (κ3) is 2.13. The van der Waals surface area contributed by atoms with Crippen molar-refractivity contribution < 1.29 is 9.53 Å². The van der Waals surface area contributed by atoms with Crippen LogP contribution in [0.4, 0.5) is 11.6 Å². The van der Waals surface area contributed by atoms with Crippen LogP contribution in [0.25, 0.3) is 0 Å². The van der Waals surface area contributed by atoms with Crippen LogP contribution in [-0.4, -0.2) is 60.6 Å². The molecule has 0 saturated carbocycles. The number of nitrogens with one attached hydrogen (secondary N) is 1. The van der Waals surface area contributed by atoms with Gasteiger partial charge in [-0.2, -0.15) is 0 Å². The van der Waals surface area contributed by atoms with E-state index in [0.717, 1.165) is 0 Å². The monoisotopic (exact) mass is 279 g/mol. The number of ether oxygens (including phenoxy) is 1. The van der Waals surface area contributed by atoms with Gasteiger partial charge in [0, 0.05) is 27.2 Å². The number of hydrogen-bond donors (Lipinski definition) is 1. The fraction of sp³-hybridized carbons (Fsp3) is 0.615. The molecule has 0 bridgehead atoms. The molecule has 1 saturated heterocycles. The number of carbonyl (C=O) groups excluding carboxylic acids is 1. The molecule has 0 unspecified atom stereocenters. The second-order valence-corrected chi connectivity index (χ2v) is 5.27. The SMILES string of the molecule is CNc1ncnc(N2CCN(C)C(=O)C2(C)C)c1OC. The molecule has 1 aliphatic rings. The van der Waals surface area contributed by atoms with Crippen molar-refractivity contribution in [2.24, 2.45) is 0 Å². The van der Waals surface area contributed by atoms with Crippen LogP contribution < -0.4 is 15.0 Å². The molecule has 1 amide bonds. The van der Waals surface area contributed by atoms with Gasteiger partial charge >= 0.3 is 0 Å². The van der Waals surface area contributed by atoms with E-state index >= 15 is 0 Å². The van der Waals surface area contributed by atoms with Gasteiger partial charge in [0.15, 0.2) is 11.6 Å². The van der Waals surface area contributed by atoms with Crippen LogP contribution in [0.3, 0.4) is 0 Å². The number of likely N-dealkylation sites (N-methyl/N-ethyl adjacent to an activating group) is 1. The molecule has 1 N–H and O–H groups in total. The fourth-order valence-corrected chi connectivity index (χ4v) is 2.51. The van der Waals surface area contributed by atoms with Gasteiger partial charge < -0.3 is 19.9 Å². The number of methoxy groups -OCH3 is 1. The van der Waals surface area contributed by atoms with Crippen molar-refractivity contribution in [1.82, 2.24) is 14.9 Å². The summed E-state index contributed by atoms with van der Waals surface area (Å²) >= 11 is 0. The Morgan fingerprint density at radius 2 is 2.05 bits per heavy atom. The number of rotatable bonds is 3. The maximum absolute atomic E-state index is 12.4. The Balaban J connectivity index is 2.48. The van der Waals surface area contributed by atoms with E-state index in [0.29, 0.717) is 30.5 Å². The van der Waals surface area contributed by atoms with Gasteiger partial charge in [-0.3, -0.25) is 4.79 Å². The van der Waals surface area contributed by atoms with Crippen LogP contribution >= 0.6 is 0 Å². The van der Waals surface area contributed by atoms with Gasteiger partial charge in [0.25, 0.3) is 0 Å². The lowest BCUT2D eigenvalue weighted by Crippen LogP contribution is -2.62. The van der Waals surface area contributed by atoms with E-state index in [1.807, 2.05) is 25.8 Å². The molecule has 1 aromatic heterocycles. The van der Waals surface area contributed by atoms with E-state index in [9.17, 15) is 4.79 Å². The van der Waals surface area contributed by atoms with E-state index < -0.39 is 5.54 Å². The van der Waals surface area contributed by atoms with Gasteiger partial charge in [-0.25, -0.2) is 9.97 Å². The quantitative estimate of drug-likeness (QED) is 0.873. The van der Waals surface area contributed by atoms with Gasteiger partial charge in [0.2, 0.25) is 11.7 Å². The van der Waals surface area contributed by atoms with Gasteiger partial charge in [0.05, 0.1) is 7.11 Å². The summed E-state index contributed by atoms with van der Waals surface area (Å²) in [6.07, 6.45) is 1.47. The second-order valence-electron chi connectivity index (χ2n) is 5.27. The van der Waals surface area contributed by atoms with E-state index in [1.54, 1.807) is 19.1 Å². The Hall–Kier alpha value is -2.05. The standard InChI is InChI=1S/C13H21N5O2/c1-13(2)12(19)17(4)6-7-18(13)11-9(20-5)10(14-3)15-8-16-11/h8H,6-7H2,1-5H3,(H,14,15,16). The van der Waals surface area contributed by atoms with Crippen LogP contribution in [-0.2, 0) is 4.79 Å². The molecule has 0 aliphatic carbocycles. The summed E-state index contributed by atoms with van der Waals surface area (Å²) in [6, 6.07) is 0. The molecule has 1 aromatic rings. The van der Waals surface area contributed by atoms with Crippen LogP contribution in [0, 0.1) is 0 Å². The van der Waals surface area contributed by atoms with E-state index in [4.69, 9.17) is 4.74 Å². The highest BCUT2D eigenvalue weighted by atomic mass is 16.5. The Labute approximate surface area is 118 Å². The van der Waals surface area contributed by atoms with Gasteiger partial charge in [-0.05, 0) is 13.8 Å². The molecule has 0 atom stereocenters. The minimum Gasteiger partial charge on any atom is -0.490 e. The number of piperazine rings is 1. The summed E-state index contributed by atoms with van der Waals surface area (Å²) in [5.74, 6) is 1.87. The molecule has 2 rings (SSSR count). The number of nitrogens with zero attached hydrogens (tertiary/aromatic N) is 4. The van der Waals surface area contributed by atoms with E-state index in [-0.39, 0.29) is 5.91 Å². The summed E-state index contributed by atoms with van der Waals surface area (Å²) in [5, 5.41) is 2.98. The molecular formula is C13H21N5O2. The lowest BCUT2D eigenvalue weighted by Gasteiger charge is -2.45. The minimum atomic E-state index is -0.667. The van der Waals surface area contributed by atoms with Crippen LogP contribution in [0.1, 0.15) is 13.8 Å². The maximum atomic E-state index is 12.4. The van der Waals surface area contributed by atoms with Crippen molar-refractivity contribution in [3.63, 3.8) is 0 Å². The Morgan fingerprint density at radius 3 is 2.65 bits per heavy atom. The normalized spacial score (nSPS) is 18.1. The third-order valence-electron chi connectivity index (χ3n) is 3.69. The number of anilines is 2. The van der Waals surface area contributed by atoms with Crippen molar-refractivity contribution >= 4 is 17.5 Å². The predicted octanol–water partition coefficient (Wildman–Crippen LogP) is 0.584. The topological polar surface area (TPSA) is 70.6 Å². The maximum Gasteiger partial charge on any atom is 0.247 e. The smallest absolute Gasteiger partial charge is 0.247 e. The molecule has 110 valence electrons. The van der Waals surface area contributed by atoms with Crippen LogP contribution in [0.5, 0.6) is 5.75 Å². The molecular weight excluding hydrogens is 258 g/mol. The van der Waals surface area contributed by atoms with Crippen LogP contribution in [0.2, 0.25) is 0 Å². The highest BCUT2D eigenvalue weighted by molar-refractivity contribution is 5.90. The second kappa shape index (κ2) is 5.15. The predicted molar refractivity (Wildman–Crippen MR) is 77.2 cm³/mol. The first-order valence-corrected chi connectivity index (χ1v) is 6.53. The average Bonchev–Trinajstić information content (AvgIpc) is 2.44. The molecule has 0 radical (unpaired) electrons. The lowest BCUT2D eigenvalue weighted by atomic mass is 9.97. The highest BCUT2D eigenvalue weighted by Gasteiger charge is 2.42. The van der Waals surface area contributed by atoms with Crippen molar-refractivity contribution in [1.29, 1.82) is 0 Å². The molecule has 20 heavy (non-hydrogen) atoms. The number of amides is 1. The molecule has 2 heterocycles. The average molecular weight is 279 g/mol. The molecule has 1 aliphatic heterocycles. The molecule has 0 spiro atoms. The van der Waals surface area contributed by atoms with Crippen molar-refractivity contribution in [2.75, 3.05) is 44.5 Å².